The third kappa shape index (κ3) is 2.53. The second-order valence-corrected chi connectivity index (χ2v) is 5.16. The molecule has 4 nitrogen and oxygen atoms in total. The SMILES string of the molecule is COC(=O)C(C)NC(=O)C1(c2ccc(F)cc2)CCC1. The number of ether oxygens (including phenoxy) is 1. The lowest BCUT2D eigenvalue weighted by Crippen LogP contribution is -2.53. The molecule has 108 valence electrons. The molecule has 0 saturated heterocycles. The molecule has 0 aliphatic heterocycles. The summed E-state index contributed by atoms with van der Waals surface area (Å²) in [5, 5.41) is 2.68. The van der Waals surface area contributed by atoms with Gasteiger partial charge in [-0.05, 0) is 37.5 Å². The topological polar surface area (TPSA) is 55.4 Å². The van der Waals surface area contributed by atoms with Crippen molar-refractivity contribution in [3.8, 4) is 0 Å². The number of rotatable bonds is 4. The van der Waals surface area contributed by atoms with Gasteiger partial charge in [-0.2, -0.15) is 0 Å². The molecule has 1 N–H and O–H groups in total. The van der Waals surface area contributed by atoms with Gasteiger partial charge in [0, 0.05) is 0 Å². The number of nitrogens with one attached hydrogen (secondary N) is 1. The van der Waals surface area contributed by atoms with Crippen molar-refractivity contribution >= 4 is 11.9 Å². The van der Waals surface area contributed by atoms with Gasteiger partial charge in [-0.1, -0.05) is 18.6 Å². The summed E-state index contributed by atoms with van der Waals surface area (Å²) >= 11 is 0. The van der Waals surface area contributed by atoms with Crippen molar-refractivity contribution < 1.29 is 18.7 Å². The van der Waals surface area contributed by atoms with Crippen LogP contribution >= 0.6 is 0 Å². The first-order valence-electron chi connectivity index (χ1n) is 6.64. The van der Waals surface area contributed by atoms with Crippen LogP contribution in [0.4, 0.5) is 4.39 Å². The van der Waals surface area contributed by atoms with E-state index in [0.717, 1.165) is 12.0 Å². The highest BCUT2D eigenvalue weighted by molar-refractivity contribution is 5.92. The minimum absolute atomic E-state index is 0.201. The van der Waals surface area contributed by atoms with E-state index in [4.69, 9.17) is 0 Å². The molecule has 1 aliphatic rings. The van der Waals surface area contributed by atoms with Crippen LogP contribution < -0.4 is 5.32 Å². The third-order valence-electron chi connectivity index (χ3n) is 3.94. The summed E-state index contributed by atoms with van der Waals surface area (Å²) in [6.07, 6.45) is 2.36. The smallest absolute Gasteiger partial charge is 0.328 e. The van der Waals surface area contributed by atoms with E-state index in [9.17, 15) is 14.0 Å². The monoisotopic (exact) mass is 279 g/mol. The molecular formula is C15H18FNO3. The first-order valence-corrected chi connectivity index (χ1v) is 6.64. The molecule has 1 atom stereocenters. The highest BCUT2D eigenvalue weighted by Gasteiger charge is 2.46. The van der Waals surface area contributed by atoms with Gasteiger partial charge >= 0.3 is 5.97 Å². The van der Waals surface area contributed by atoms with E-state index in [0.29, 0.717) is 12.8 Å². The maximum atomic E-state index is 13.0. The van der Waals surface area contributed by atoms with Crippen LogP contribution in [0, 0.1) is 5.82 Å². The molecule has 2 rings (SSSR count). The highest BCUT2D eigenvalue weighted by atomic mass is 19.1. The van der Waals surface area contributed by atoms with Crippen molar-refractivity contribution in [3.05, 3.63) is 35.6 Å². The van der Waals surface area contributed by atoms with Gasteiger partial charge in [-0.3, -0.25) is 4.79 Å². The van der Waals surface area contributed by atoms with Crippen LogP contribution in [0.5, 0.6) is 0 Å². The van der Waals surface area contributed by atoms with Gasteiger partial charge < -0.3 is 10.1 Å². The lowest BCUT2D eigenvalue weighted by molar-refractivity contribution is -0.145. The van der Waals surface area contributed by atoms with Gasteiger partial charge in [0.1, 0.15) is 11.9 Å². The fraction of sp³-hybridized carbons (Fsp3) is 0.467. The quantitative estimate of drug-likeness (QED) is 0.857. The van der Waals surface area contributed by atoms with Crippen molar-refractivity contribution in [1.29, 1.82) is 0 Å². The normalized spacial score (nSPS) is 17.8. The van der Waals surface area contributed by atoms with Gasteiger partial charge in [-0.15, -0.1) is 0 Å². The molecule has 1 fully saturated rings. The lowest BCUT2D eigenvalue weighted by Gasteiger charge is -2.41. The molecule has 5 heteroatoms. The zero-order valence-electron chi connectivity index (χ0n) is 11.6. The Hall–Kier alpha value is -1.91. The first-order chi connectivity index (χ1) is 9.49. The van der Waals surface area contributed by atoms with Gasteiger partial charge in [0.15, 0.2) is 0 Å². The van der Waals surface area contributed by atoms with E-state index in [1.807, 2.05) is 0 Å². The number of hydrogen-bond donors (Lipinski definition) is 1. The average molecular weight is 279 g/mol. The fourth-order valence-corrected chi connectivity index (χ4v) is 2.52. The predicted molar refractivity (Wildman–Crippen MR) is 71.5 cm³/mol. The number of carbonyl (C=O) groups is 2. The molecule has 0 bridgehead atoms. The van der Waals surface area contributed by atoms with Crippen molar-refractivity contribution in [2.24, 2.45) is 0 Å². The summed E-state index contributed by atoms with van der Waals surface area (Å²) in [6.45, 7) is 1.58. The first kappa shape index (κ1) is 14.5. The van der Waals surface area contributed by atoms with Crippen LogP contribution in [-0.2, 0) is 19.7 Å². The summed E-state index contributed by atoms with van der Waals surface area (Å²) in [5.41, 5.74) is 0.149. The van der Waals surface area contributed by atoms with E-state index < -0.39 is 17.4 Å². The number of hydrogen-bond acceptors (Lipinski definition) is 3. The van der Waals surface area contributed by atoms with Gasteiger partial charge in [-0.25, -0.2) is 9.18 Å². The molecule has 1 aromatic rings. The predicted octanol–water partition coefficient (Wildman–Crippen LogP) is 1.93. The molecule has 1 amide bonds. The number of amides is 1. The van der Waals surface area contributed by atoms with Crippen LogP contribution in [0.2, 0.25) is 0 Å². The number of methoxy groups -OCH3 is 1. The van der Waals surface area contributed by atoms with Gasteiger partial charge in [0.2, 0.25) is 5.91 Å². The van der Waals surface area contributed by atoms with Crippen LogP contribution in [0.25, 0.3) is 0 Å². The van der Waals surface area contributed by atoms with Crippen LogP contribution in [-0.4, -0.2) is 25.0 Å². The van der Waals surface area contributed by atoms with Crippen molar-refractivity contribution in [3.63, 3.8) is 0 Å². The van der Waals surface area contributed by atoms with E-state index in [-0.39, 0.29) is 11.7 Å². The zero-order chi connectivity index (χ0) is 14.8. The fourth-order valence-electron chi connectivity index (χ4n) is 2.52. The molecule has 1 unspecified atom stereocenters. The summed E-state index contributed by atoms with van der Waals surface area (Å²) in [5.74, 6) is -1.01. The Bertz CT molecular complexity index is 508. The van der Waals surface area contributed by atoms with Gasteiger partial charge in [0.05, 0.1) is 12.5 Å². The summed E-state index contributed by atoms with van der Waals surface area (Å²) in [4.78, 5) is 23.8. The van der Waals surface area contributed by atoms with E-state index in [1.54, 1.807) is 19.1 Å². The Morgan fingerprint density at radius 2 is 1.90 bits per heavy atom. The summed E-state index contributed by atoms with van der Waals surface area (Å²) in [6, 6.07) is 5.29. The van der Waals surface area contributed by atoms with Crippen LogP contribution in [0.3, 0.4) is 0 Å². The molecule has 0 aromatic heterocycles. The molecule has 20 heavy (non-hydrogen) atoms. The van der Waals surface area contributed by atoms with E-state index in [1.165, 1.54) is 19.2 Å². The summed E-state index contributed by atoms with van der Waals surface area (Å²) < 4.78 is 17.6. The molecule has 1 saturated carbocycles. The Morgan fingerprint density at radius 3 is 2.35 bits per heavy atom. The largest absolute Gasteiger partial charge is 0.467 e. The van der Waals surface area contributed by atoms with Gasteiger partial charge in [0.25, 0.3) is 0 Å². The average Bonchev–Trinajstić information content (AvgIpc) is 2.38. The Balaban J connectivity index is 2.17. The van der Waals surface area contributed by atoms with Crippen molar-refractivity contribution in [2.75, 3.05) is 7.11 Å². The Kier molecular flexibility index (Phi) is 4.06. The number of carbonyl (C=O) groups excluding carboxylic acids is 2. The Labute approximate surface area is 117 Å². The van der Waals surface area contributed by atoms with Crippen molar-refractivity contribution in [2.45, 2.75) is 37.6 Å². The second kappa shape index (κ2) is 5.61. The third-order valence-corrected chi connectivity index (χ3v) is 3.94. The minimum Gasteiger partial charge on any atom is -0.467 e. The molecular weight excluding hydrogens is 261 g/mol. The van der Waals surface area contributed by atoms with Crippen molar-refractivity contribution in [1.82, 2.24) is 5.32 Å². The van der Waals surface area contributed by atoms with Crippen LogP contribution in [0.1, 0.15) is 31.7 Å². The molecule has 0 radical (unpaired) electrons. The Morgan fingerprint density at radius 1 is 1.30 bits per heavy atom. The number of esters is 1. The molecule has 0 heterocycles. The standard InChI is InChI=1S/C15H18FNO3/c1-10(13(18)20-2)17-14(19)15(8-3-9-15)11-4-6-12(16)7-5-11/h4-7,10H,3,8-9H2,1-2H3,(H,17,19). The molecule has 1 aliphatic carbocycles. The lowest BCUT2D eigenvalue weighted by atomic mass is 9.63. The minimum atomic E-state index is -0.689. The van der Waals surface area contributed by atoms with E-state index in [2.05, 4.69) is 10.1 Å². The highest BCUT2D eigenvalue weighted by Crippen LogP contribution is 2.44. The zero-order valence-corrected chi connectivity index (χ0v) is 11.6. The maximum absolute atomic E-state index is 13.0. The number of benzene rings is 1. The molecule has 0 spiro atoms. The number of halogens is 1. The molecule has 1 aromatic carbocycles. The van der Waals surface area contributed by atoms with E-state index >= 15 is 0 Å². The summed E-state index contributed by atoms with van der Waals surface area (Å²) in [7, 11) is 1.28. The van der Waals surface area contributed by atoms with Crippen LogP contribution in [0.15, 0.2) is 24.3 Å². The maximum Gasteiger partial charge on any atom is 0.328 e. The second-order valence-electron chi connectivity index (χ2n) is 5.16.